The van der Waals surface area contributed by atoms with Gasteiger partial charge in [-0.15, -0.1) is 0 Å². The molecule has 1 aliphatic heterocycles. The lowest BCUT2D eigenvalue weighted by molar-refractivity contribution is 0.0199. The number of carbonyl (C=O) groups excluding carboxylic acids is 1. The number of rotatable bonds is 5. The Hall–Kier alpha value is -2.53. The number of nitrogens with zero attached hydrogens (tertiary/aromatic N) is 1. The minimum Gasteiger partial charge on any atom is -0.497 e. The van der Waals surface area contributed by atoms with Crippen LogP contribution in [0.2, 0.25) is 0 Å². The highest BCUT2D eigenvalue weighted by Crippen LogP contribution is 2.29. The maximum absolute atomic E-state index is 12.9. The number of carbonyl (C=O) groups is 1. The van der Waals surface area contributed by atoms with E-state index in [-0.39, 0.29) is 12.0 Å². The summed E-state index contributed by atoms with van der Waals surface area (Å²) in [6.45, 7) is 1.17. The average molecular weight is 341 g/mol. The van der Waals surface area contributed by atoms with Crippen LogP contribution < -0.4 is 9.47 Å². The molecule has 1 atom stereocenters. The van der Waals surface area contributed by atoms with Gasteiger partial charge in [-0.05, 0) is 29.7 Å². The van der Waals surface area contributed by atoms with Crippen molar-refractivity contribution in [1.29, 1.82) is 0 Å². The van der Waals surface area contributed by atoms with Gasteiger partial charge in [-0.3, -0.25) is 4.79 Å². The van der Waals surface area contributed by atoms with E-state index in [0.717, 1.165) is 12.0 Å². The van der Waals surface area contributed by atoms with Crippen molar-refractivity contribution in [3.8, 4) is 11.5 Å². The molecule has 2 aromatic rings. The molecule has 0 spiro atoms. The number of hydrogen-bond donors (Lipinski definition) is 0. The Balaban J connectivity index is 1.78. The topological polar surface area (TPSA) is 48.0 Å². The molecule has 2 aromatic carbocycles. The number of benzene rings is 2. The van der Waals surface area contributed by atoms with Crippen LogP contribution in [-0.2, 0) is 11.2 Å². The second kappa shape index (κ2) is 7.57. The second-order valence-corrected chi connectivity index (χ2v) is 6.06. The van der Waals surface area contributed by atoms with Crippen LogP contribution in [0, 0.1) is 0 Å². The molecule has 132 valence electrons. The number of ether oxygens (including phenoxy) is 3. The number of hydrogen-bond acceptors (Lipinski definition) is 4. The monoisotopic (exact) mass is 341 g/mol. The van der Waals surface area contributed by atoms with Crippen molar-refractivity contribution in [2.75, 3.05) is 34.4 Å². The molecule has 0 fully saturated rings. The number of amides is 1. The summed E-state index contributed by atoms with van der Waals surface area (Å²) in [5.41, 5.74) is 2.96. The van der Waals surface area contributed by atoms with Crippen LogP contribution in [0.1, 0.15) is 27.6 Å². The quantitative estimate of drug-likeness (QED) is 0.838. The van der Waals surface area contributed by atoms with Crippen molar-refractivity contribution in [2.45, 2.75) is 12.5 Å². The highest BCUT2D eigenvalue weighted by Gasteiger charge is 2.25. The van der Waals surface area contributed by atoms with Gasteiger partial charge in [0.15, 0.2) is 0 Å². The normalized spacial score (nSPS) is 16.0. The number of likely N-dealkylation sites (N-methyl/N-ethyl adjacent to an activating group) is 1. The molecule has 0 N–H and O–H groups in total. The summed E-state index contributed by atoms with van der Waals surface area (Å²) in [5, 5.41) is 0. The van der Waals surface area contributed by atoms with Crippen molar-refractivity contribution in [1.82, 2.24) is 4.90 Å². The summed E-state index contributed by atoms with van der Waals surface area (Å²) in [4.78, 5) is 14.5. The highest BCUT2D eigenvalue weighted by molar-refractivity contribution is 5.97. The Morgan fingerprint density at radius 2 is 2.00 bits per heavy atom. The van der Waals surface area contributed by atoms with Crippen LogP contribution in [0.5, 0.6) is 11.5 Å². The molecule has 5 heteroatoms. The standard InChI is InChI=1S/C20H23NO4/c1-21(13-19-16-7-5-4-6-14(16)10-11-25-19)20(22)17-9-8-15(23-2)12-18(17)24-3/h4-9,12,19H,10-11,13H2,1-3H3. The zero-order valence-corrected chi connectivity index (χ0v) is 14.8. The molecule has 0 bridgehead atoms. The third-order valence-electron chi connectivity index (χ3n) is 4.52. The lowest BCUT2D eigenvalue weighted by Gasteiger charge is -2.30. The molecule has 0 saturated carbocycles. The first-order valence-electron chi connectivity index (χ1n) is 8.31. The van der Waals surface area contributed by atoms with Crippen molar-refractivity contribution in [2.24, 2.45) is 0 Å². The van der Waals surface area contributed by atoms with Gasteiger partial charge in [0.2, 0.25) is 0 Å². The van der Waals surface area contributed by atoms with Crippen molar-refractivity contribution in [3.63, 3.8) is 0 Å². The van der Waals surface area contributed by atoms with E-state index in [1.165, 1.54) is 5.56 Å². The maximum atomic E-state index is 12.9. The molecule has 3 rings (SSSR count). The first-order valence-corrected chi connectivity index (χ1v) is 8.31. The molecule has 1 heterocycles. The summed E-state index contributed by atoms with van der Waals surface area (Å²) in [6, 6.07) is 13.5. The highest BCUT2D eigenvalue weighted by atomic mass is 16.5. The van der Waals surface area contributed by atoms with E-state index >= 15 is 0 Å². The summed E-state index contributed by atoms with van der Waals surface area (Å²) in [5.74, 6) is 1.05. The largest absolute Gasteiger partial charge is 0.497 e. The predicted octanol–water partition coefficient (Wildman–Crippen LogP) is 3.09. The fraction of sp³-hybridized carbons (Fsp3) is 0.350. The van der Waals surface area contributed by atoms with Crippen LogP contribution in [0.15, 0.2) is 42.5 Å². The smallest absolute Gasteiger partial charge is 0.257 e. The predicted molar refractivity (Wildman–Crippen MR) is 95.3 cm³/mol. The SMILES string of the molecule is COc1ccc(C(=O)N(C)CC2OCCc3ccccc32)c(OC)c1. The Bertz CT molecular complexity index is 759. The van der Waals surface area contributed by atoms with Crippen molar-refractivity contribution < 1.29 is 19.0 Å². The van der Waals surface area contributed by atoms with Crippen LogP contribution in [0.25, 0.3) is 0 Å². The lowest BCUT2D eigenvalue weighted by Crippen LogP contribution is -2.34. The third-order valence-corrected chi connectivity index (χ3v) is 4.52. The van der Waals surface area contributed by atoms with E-state index in [1.807, 2.05) is 12.1 Å². The second-order valence-electron chi connectivity index (χ2n) is 6.06. The zero-order chi connectivity index (χ0) is 17.8. The molecular formula is C20H23NO4. The molecule has 0 radical (unpaired) electrons. The lowest BCUT2D eigenvalue weighted by atomic mass is 9.97. The maximum Gasteiger partial charge on any atom is 0.257 e. The van der Waals surface area contributed by atoms with Gasteiger partial charge in [0.25, 0.3) is 5.91 Å². The van der Waals surface area contributed by atoms with Gasteiger partial charge >= 0.3 is 0 Å². The van der Waals surface area contributed by atoms with Gasteiger partial charge in [-0.1, -0.05) is 24.3 Å². The Morgan fingerprint density at radius 3 is 2.76 bits per heavy atom. The van der Waals surface area contributed by atoms with Crippen molar-refractivity contribution in [3.05, 3.63) is 59.2 Å². The molecule has 0 aliphatic carbocycles. The van der Waals surface area contributed by atoms with Crippen LogP contribution in [0.3, 0.4) is 0 Å². The van der Waals surface area contributed by atoms with E-state index in [4.69, 9.17) is 14.2 Å². The van der Waals surface area contributed by atoms with E-state index in [2.05, 4.69) is 12.1 Å². The first kappa shape index (κ1) is 17.3. The first-order chi connectivity index (χ1) is 12.1. The van der Waals surface area contributed by atoms with E-state index < -0.39 is 0 Å². The molecule has 0 aromatic heterocycles. The molecule has 25 heavy (non-hydrogen) atoms. The Morgan fingerprint density at radius 1 is 1.20 bits per heavy atom. The molecule has 1 amide bonds. The number of fused-ring (bicyclic) bond motifs is 1. The van der Waals surface area contributed by atoms with Gasteiger partial charge < -0.3 is 19.1 Å². The summed E-state index contributed by atoms with van der Waals surface area (Å²) < 4.78 is 16.4. The van der Waals surface area contributed by atoms with Gasteiger partial charge in [0.05, 0.1) is 32.9 Å². The average Bonchev–Trinajstić information content (AvgIpc) is 2.67. The van der Waals surface area contributed by atoms with E-state index in [0.29, 0.717) is 30.2 Å². The fourth-order valence-electron chi connectivity index (χ4n) is 3.14. The fourth-order valence-corrected chi connectivity index (χ4v) is 3.14. The summed E-state index contributed by atoms with van der Waals surface area (Å²) in [6.07, 6.45) is 0.805. The van der Waals surface area contributed by atoms with Crippen LogP contribution in [0.4, 0.5) is 0 Å². The van der Waals surface area contributed by atoms with Crippen LogP contribution >= 0.6 is 0 Å². The van der Waals surface area contributed by atoms with E-state index in [1.54, 1.807) is 44.4 Å². The summed E-state index contributed by atoms with van der Waals surface area (Å²) in [7, 11) is 4.92. The van der Waals surface area contributed by atoms with Gasteiger partial charge in [0, 0.05) is 13.1 Å². The minimum absolute atomic E-state index is 0.105. The molecule has 1 unspecified atom stereocenters. The molecule has 5 nitrogen and oxygen atoms in total. The van der Waals surface area contributed by atoms with Crippen LogP contribution in [-0.4, -0.2) is 45.2 Å². The number of methoxy groups -OCH3 is 2. The molecule has 0 saturated heterocycles. The van der Waals surface area contributed by atoms with Gasteiger partial charge in [-0.2, -0.15) is 0 Å². The van der Waals surface area contributed by atoms with Crippen molar-refractivity contribution >= 4 is 5.91 Å². The molecule has 1 aliphatic rings. The Labute approximate surface area is 148 Å². The Kier molecular flexibility index (Phi) is 5.24. The van der Waals surface area contributed by atoms with Gasteiger partial charge in [-0.25, -0.2) is 0 Å². The summed E-state index contributed by atoms with van der Waals surface area (Å²) >= 11 is 0. The zero-order valence-electron chi connectivity index (χ0n) is 14.8. The third kappa shape index (κ3) is 3.61. The van der Waals surface area contributed by atoms with Gasteiger partial charge in [0.1, 0.15) is 17.6 Å². The minimum atomic E-state index is -0.108. The molecular weight excluding hydrogens is 318 g/mol. The van der Waals surface area contributed by atoms with E-state index in [9.17, 15) is 4.79 Å².